The average molecular weight is 421 g/mol. The monoisotopic (exact) mass is 420 g/mol. The average Bonchev–Trinajstić information content (AvgIpc) is 2.60. The van der Waals surface area contributed by atoms with Crippen LogP contribution < -0.4 is 10.1 Å². The van der Waals surface area contributed by atoms with E-state index in [0.29, 0.717) is 24.6 Å². The maximum absolute atomic E-state index is 14.1. The number of nitrogens with zero attached hydrogens (tertiary/aromatic N) is 1. The third-order valence-electron chi connectivity index (χ3n) is 5.54. The van der Waals surface area contributed by atoms with Gasteiger partial charge in [-0.1, -0.05) is 0 Å². The maximum atomic E-state index is 14.1. The molecule has 0 radical (unpaired) electrons. The summed E-state index contributed by atoms with van der Waals surface area (Å²) in [5.41, 5.74) is 0. The van der Waals surface area contributed by atoms with Gasteiger partial charge in [-0.05, 0) is 56.7 Å². The Hall–Kier alpha value is -0.890. The summed E-state index contributed by atoms with van der Waals surface area (Å²) < 4.78 is 42.7. The van der Waals surface area contributed by atoms with Gasteiger partial charge in [0.05, 0.1) is 11.5 Å². The molecule has 0 spiro atoms. The van der Waals surface area contributed by atoms with Gasteiger partial charge in [-0.2, -0.15) is 0 Å². The molecule has 1 unspecified atom stereocenters. The molecule has 1 aromatic rings. The SMILES string of the molecule is CC1CN(C2CCC(COc3ccc(S(C)(=O)=O)cc3F)CC2)CCN1.Cl. The van der Waals surface area contributed by atoms with Crippen LogP contribution in [0.4, 0.5) is 4.39 Å². The molecule has 27 heavy (non-hydrogen) atoms. The van der Waals surface area contributed by atoms with E-state index in [4.69, 9.17) is 4.74 Å². The molecule has 0 amide bonds. The van der Waals surface area contributed by atoms with Crippen LogP contribution in [0, 0.1) is 11.7 Å². The highest BCUT2D eigenvalue weighted by molar-refractivity contribution is 7.90. The maximum Gasteiger partial charge on any atom is 0.175 e. The summed E-state index contributed by atoms with van der Waals surface area (Å²) in [6.07, 6.45) is 5.57. The van der Waals surface area contributed by atoms with Gasteiger partial charge in [0.15, 0.2) is 21.4 Å². The van der Waals surface area contributed by atoms with Crippen LogP contribution >= 0.6 is 12.4 Å². The Morgan fingerprint density at radius 3 is 2.56 bits per heavy atom. The third-order valence-corrected chi connectivity index (χ3v) is 6.65. The van der Waals surface area contributed by atoms with Crippen molar-refractivity contribution < 1.29 is 17.5 Å². The third kappa shape index (κ3) is 6.04. The van der Waals surface area contributed by atoms with E-state index in [-0.39, 0.29) is 23.1 Å². The van der Waals surface area contributed by atoms with Gasteiger partial charge in [-0.3, -0.25) is 4.90 Å². The summed E-state index contributed by atoms with van der Waals surface area (Å²) in [4.78, 5) is 2.58. The van der Waals surface area contributed by atoms with Crippen LogP contribution in [0.5, 0.6) is 5.75 Å². The molecule has 1 aromatic carbocycles. The normalized spacial score (nSPS) is 27.0. The smallest absolute Gasteiger partial charge is 0.175 e. The van der Waals surface area contributed by atoms with Crippen LogP contribution in [-0.4, -0.2) is 57.9 Å². The van der Waals surface area contributed by atoms with Crippen LogP contribution in [0.3, 0.4) is 0 Å². The van der Waals surface area contributed by atoms with Gasteiger partial charge in [0, 0.05) is 38.0 Å². The Bertz CT molecular complexity index is 724. The molecular formula is C19H30ClFN2O3S. The number of nitrogens with one attached hydrogen (secondary N) is 1. The van der Waals surface area contributed by atoms with E-state index in [1.807, 2.05) is 0 Å². The van der Waals surface area contributed by atoms with Gasteiger partial charge in [-0.25, -0.2) is 12.8 Å². The van der Waals surface area contributed by atoms with Crippen molar-refractivity contribution >= 4 is 22.2 Å². The lowest BCUT2D eigenvalue weighted by molar-refractivity contribution is 0.0923. The van der Waals surface area contributed by atoms with Crippen molar-refractivity contribution in [3.05, 3.63) is 24.0 Å². The van der Waals surface area contributed by atoms with Crippen LogP contribution in [0.1, 0.15) is 32.6 Å². The molecule has 1 aliphatic carbocycles. The summed E-state index contributed by atoms with van der Waals surface area (Å²) in [6.45, 7) is 6.01. The lowest BCUT2D eigenvalue weighted by Gasteiger charge is -2.41. The molecule has 2 fully saturated rings. The zero-order chi connectivity index (χ0) is 18.7. The number of rotatable bonds is 5. The van der Waals surface area contributed by atoms with Crippen LogP contribution in [-0.2, 0) is 9.84 Å². The Morgan fingerprint density at radius 2 is 1.96 bits per heavy atom. The highest BCUT2D eigenvalue weighted by Crippen LogP contribution is 2.29. The predicted molar refractivity (Wildman–Crippen MR) is 107 cm³/mol. The number of halogens is 2. The molecule has 1 atom stereocenters. The van der Waals surface area contributed by atoms with Gasteiger partial charge in [0.2, 0.25) is 0 Å². The van der Waals surface area contributed by atoms with Crippen molar-refractivity contribution in [1.29, 1.82) is 0 Å². The van der Waals surface area contributed by atoms with Gasteiger partial charge in [0.1, 0.15) is 0 Å². The first kappa shape index (κ1) is 22.4. The first-order valence-electron chi connectivity index (χ1n) is 9.43. The highest BCUT2D eigenvalue weighted by Gasteiger charge is 2.28. The van der Waals surface area contributed by atoms with Gasteiger partial charge in [-0.15, -0.1) is 12.4 Å². The summed E-state index contributed by atoms with van der Waals surface area (Å²) in [5.74, 6) is -0.0487. The zero-order valence-electron chi connectivity index (χ0n) is 16.0. The fourth-order valence-corrected chi connectivity index (χ4v) is 4.64. The molecule has 1 heterocycles. The van der Waals surface area contributed by atoms with E-state index >= 15 is 0 Å². The summed E-state index contributed by atoms with van der Waals surface area (Å²) in [5, 5.41) is 3.48. The van der Waals surface area contributed by atoms with E-state index in [2.05, 4.69) is 17.1 Å². The van der Waals surface area contributed by atoms with E-state index in [1.165, 1.54) is 12.1 Å². The minimum absolute atomic E-state index is 0. The van der Waals surface area contributed by atoms with Crippen LogP contribution in [0.2, 0.25) is 0 Å². The largest absolute Gasteiger partial charge is 0.490 e. The minimum atomic E-state index is -3.40. The summed E-state index contributed by atoms with van der Waals surface area (Å²) in [7, 11) is -3.40. The molecule has 0 aromatic heterocycles. The van der Waals surface area contributed by atoms with Gasteiger partial charge >= 0.3 is 0 Å². The van der Waals surface area contributed by atoms with Gasteiger partial charge < -0.3 is 10.1 Å². The second-order valence-corrected chi connectivity index (χ2v) is 9.72. The topological polar surface area (TPSA) is 58.6 Å². The Labute approximate surface area is 168 Å². The fraction of sp³-hybridized carbons (Fsp3) is 0.684. The molecule has 1 aliphatic heterocycles. The Morgan fingerprint density at radius 1 is 1.26 bits per heavy atom. The number of sulfone groups is 1. The molecule has 154 valence electrons. The van der Waals surface area contributed by atoms with Crippen molar-refractivity contribution in [2.75, 3.05) is 32.5 Å². The van der Waals surface area contributed by atoms with Crippen LogP contribution in [0.15, 0.2) is 23.1 Å². The first-order valence-corrected chi connectivity index (χ1v) is 11.3. The van der Waals surface area contributed by atoms with Gasteiger partial charge in [0.25, 0.3) is 0 Å². The summed E-state index contributed by atoms with van der Waals surface area (Å²) >= 11 is 0. The molecule has 1 N–H and O–H groups in total. The lowest BCUT2D eigenvalue weighted by atomic mass is 9.85. The van der Waals surface area contributed by atoms with Crippen molar-refractivity contribution in [2.45, 2.75) is 49.6 Å². The highest BCUT2D eigenvalue weighted by atomic mass is 35.5. The minimum Gasteiger partial charge on any atom is -0.490 e. The second kappa shape index (κ2) is 9.54. The summed E-state index contributed by atoms with van der Waals surface area (Å²) in [6, 6.07) is 5.06. The number of piperazine rings is 1. The van der Waals surface area contributed by atoms with Crippen molar-refractivity contribution in [2.24, 2.45) is 5.92 Å². The van der Waals surface area contributed by atoms with Crippen molar-refractivity contribution in [1.82, 2.24) is 10.2 Å². The molecule has 2 aliphatic rings. The number of benzene rings is 1. The lowest BCUT2D eigenvalue weighted by Crippen LogP contribution is -2.53. The van der Waals surface area contributed by atoms with Crippen molar-refractivity contribution in [3.8, 4) is 5.75 Å². The zero-order valence-corrected chi connectivity index (χ0v) is 17.6. The fourth-order valence-electron chi connectivity index (χ4n) is 4.01. The quantitative estimate of drug-likeness (QED) is 0.793. The second-order valence-electron chi connectivity index (χ2n) is 7.70. The molecule has 8 heteroatoms. The van der Waals surface area contributed by atoms with Crippen molar-refractivity contribution in [3.63, 3.8) is 0 Å². The molecule has 5 nitrogen and oxygen atoms in total. The van der Waals surface area contributed by atoms with E-state index in [0.717, 1.165) is 57.6 Å². The predicted octanol–water partition coefficient (Wildman–Crippen LogP) is 2.88. The Kier molecular flexibility index (Phi) is 7.92. The van der Waals surface area contributed by atoms with E-state index in [1.54, 1.807) is 0 Å². The number of ether oxygens (including phenoxy) is 1. The Balaban J connectivity index is 0.00000261. The number of hydrogen-bond acceptors (Lipinski definition) is 5. The molecule has 1 saturated heterocycles. The first-order chi connectivity index (χ1) is 12.3. The molecule has 0 bridgehead atoms. The molecular weight excluding hydrogens is 391 g/mol. The van der Waals surface area contributed by atoms with E-state index in [9.17, 15) is 12.8 Å². The standard InChI is InChI=1S/C19H29FN2O3S.ClH/c1-14-12-22(10-9-21-14)16-5-3-15(4-6-16)13-25-19-8-7-17(11-18(19)20)26(2,23)24;/h7-8,11,14-16,21H,3-6,9-10,12-13H2,1-2H3;1H. The van der Waals surface area contributed by atoms with Crippen LogP contribution in [0.25, 0.3) is 0 Å². The molecule has 3 rings (SSSR count). The van der Waals surface area contributed by atoms with E-state index < -0.39 is 15.7 Å². The number of hydrogen-bond donors (Lipinski definition) is 1. The molecule has 1 saturated carbocycles.